The Labute approximate surface area is 155 Å². The number of aromatic amines is 1. The molecular weight excluding hydrogens is 365 g/mol. The number of pyridine rings is 1. The molecular formula is C18H15Cl2NO2S. The normalized spacial score (nSPS) is 10.4. The van der Waals surface area contributed by atoms with Crippen molar-refractivity contribution in [3.05, 3.63) is 59.2 Å². The molecule has 0 unspecified atom stereocenters. The highest BCUT2D eigenvalue weighted by molar-refractivity contribution is 8.00. The molecule has 0 bridgehead atoms. The number of aryl methyl sites for hydroxylation is 1. The number of carboxylic acid groups (broad SMARTS) is 1. The second kappa shape index (κ2) is 7.88. The van der Waals surface area contributed by atoms with Gasteiger partial charge in [-0.05, 0) is 17.7 Å². The third-order valence-electron chi connectivity index (χ3n) is 3.54. The number of H-pyrrole nitrogens is 1. The van der Waals surface area contributed by atoms with Gasteiger partial charge in [-0.1, -0.05) is 41.9 Å². The first-order valence-electron chi connectivity index (χ1n) is 7.11. The van der Waals surface area contributed by atoms with E-state index in [2.05, 4.69) is 4.98 Å². The van der Waals surface area contributed by atoms with Crippen LogP contribution in [0.4, 0.5) is 0 Å². The lowest BCUT2D eigenvalue weighted by molar-refractivity contribution is -0.357. The Hall–Kier alpha value is -1.75. The van der Waals surface area contributed by atoms with Crippen molar-refractivity contribution in [2.24, 2.45) is 0 Å². The van der Waals surface area contributed by atoms with Gasteiger partial charge in [0.1, 0.15) is 0 Å². The molecule has 0 aliphatic carbocycles. The predicted octanol–water partition coefficient (Wildman–Crippen LogP) is 1.46. The molecule has 3 nitrogen and oxygen atoms in total. The fourth-order valence-corrected chi connectivity index (χ4v) is 3.69. The zero-order chi connectivity index (χ0) is 16.4. The first-order chi connectivity index (χ1) is 11.1. The van der Waals surface area contributed by atoms with Crippen molar-refractivity contribution in [2.75, 3.05) is 5.75 Å². The first kappa shape index (κ1) is 18.6. The molecule has 0 fully saturated rings. The third-order valence-corrected chi connectivity index (χ3v) is 4.97. The molecule has 0 amide bonds. The molecule has 3 rings (SSSR count). The zero-order valence-electron chi connectivity index (χ0n) is 12.8. The Kier molecular flexibility index (Phi) is 6.10. The van der Waals surface area contributed by atoms with Gasteiger partial charge in [0.25, 0.3) is 0 Å². The number of fused-ring (bicyclic) bond motifs is 1. The molecule has 1 aromatic heterocycles. The Morgan fingerprint density at radius 1 is 1.21 bits per heavy atom. The van der Waals surface area contributed by atoms with Crippen molar-refractivity contribution >= 4 is 40.2 Å². The van der Waals surface area contributed by atoms with E-state index in [4.69, 9.17) is 16.7 Å². The van der Waals surface area contributed by atoms with Gasteiger partial charge in [-0.25, -0.2) is 4.98 Å². The highest BCUT2D eigenvalue weighted by Gasteiger charge is 2.20. The zero-order valence-corrected chi connectivity index (χ0v) is 15.2. The van der Waals surface area contributed by atoms with Crippen molar-refractivity contribution < 1.29 is 27.3 Å². The van der Waals surface area contributed by atoms with Gasteiger partial charge in [-0.15, -0.1) is 11.8 Å². The Morgan fingerprint density at radius 2 is 1.92 bits per heavy atom. The largest absolute Gasteiger partial charge is 1.00 e. The van der Waals surface area contributed by atoms with Crippen LogP contribution in [-0.4, -0.2) is 16.8 Å². The number of aliphatic carboxylic acids is 1. The molecule has 24 heavy (non-hydrogen) atoms. The number of thioether (sulfide) groups is 1. The number of hydrogen-bond donors (Lipinski definition) is 1. The smallest absolute Gasteiger partial charge is 0.313 e. The number of benzene rings is 2. The van der Waals surface area contributed by atoms with E-state index < -0.39 is 5.97 Å². The topological polar surface area (TPSA) is 51.4 Å². The molecule has 0 spiro atoms. The minimum Gasteiger partial charge on any atom is -1.00 e. The molecule has 0 atom stereocenters. The van der Waals surface area contributed by atoms with Crippen LogP contribution in [-0.2, 0) is 4.79 Å². The summed E-state index contributed by atoms with van der Waals surface area (Å²) in [6, 6.07) is 15.7. The number of aromatic nitrogens is 1. The van der Waals surface area contributed by atoms with Gasteiger partial charge in [0.2, 0.25) is 5.52 Å². The van der Waals surface area contributed by atoms with Gasteiger partial charge in [0.15, 0.2) is 5.69 Å². The van der Waals surface area contributed by atoms with Gasteiger partial charge < -0.3 is 17.5 Å². The fourth-order valence-electron chi connectivity index (χ4n) is 2.61. The van der Waals surface area contributed by atoms with Crippen LogP contribution < -0.4 is 17.4 Å². The Balaban J connectivity index is 0.00000208. The van der Waals surface area contributed by atoms with Crippen molar-refractivity contribution in [2.45, 2.75) is 11.8 Å². The number of carbonyl (C=O) groups is 1. The molecule has 3 aromatic rings. The molecule has 0 aliphatic rings. The van der Waals surface area contributed by atoms with Gasteiger partial charge >= 0.3 is 5.97 Å². The molecule has 1 heterocycles. The predicted molar refractivity (Wildman–Crippen MR) is 94.0 cm³/mol. The molecule has 0 saturated carbocycles. The number of rotatable bonds is 4. The van der Waals surface area contributed by atoms with Crippen LogP contribution >= 0.6 is 23.4 Å². The minimum atomic E-state index is -0.834. The maximum Gasteiger partial charge on any atom is 0.313 e. The summed E-state index contributed by atoms with van der Waals surface area (Å²) in [4.78, 5) is 15.3. The molecule has 2 aromatic carbocycles. The van der Waals surface area contributed by atoms with Crippen molar-refractivity contribution in [1.82, 2.24) is 0 Å². The number of hydrogen-bond acceptors (Lipinski definition) is 2. The molecule has 0 aliphatic heterocycles. The van der Waals surface area contributed by atoms with Crippen molar-refractivity contribution in [1.29, 1.82) is 0 Å². The Morgan fingerprint density at radius 3 is 2.58 bits per heavy atom. The van der Waals surface area contributed by atoms with Crippen LogP contribution in [0, 0.1) is 6.92 Å². The minimum absolute atomic E-state index is 0. The highest BCUT2D eigenvalue weighted by Crippen LogP contribution is 2.38. The van der Waals surface area contributed by atoms with Crippen LogP contribution in [0.2, 0.25) is 5.02 Å². The SMILES string of the molecule is Cc1[nH+]c2ccc(Cl)cc2c(-c2ccccc2)c1SCC(=O)O.[Cl-]. The van der Waals surface area contributed by atoms with Crippen LogP contribution in [0.25, 0.3) is 22.0 Å². The van der Waals surface area contributed by atoms with Crippen molar-refractivity contribution in [3.8, 4) is 11.1 Å². The van der Waals surface area contributed by atoms with Crippen LogP contribution in [0.3, 0.4) is 0 Å². The van der Waals surface area contributed by atoms with E-state index in [9.17, 15) is 4.79 Å². The quantitative estimate of drug-likeness (QED) is 0.698. The molecule has 0 saturated heterocycles. The second-order valence-corrected chi connectivity index (χ2v) is 6.61. The third kappa shape index (κ3) is 3.83. The summed E-state index contributed by atoms with van der Waals surface area (Å²) in [5.41, 5.74) is 3.99. The summed E-state index contributed by atoms with van der Waals surface area (Å²) in [7, 11) is 0. The molecule has 2 N–H and O–H groups in total. The molecule has 0 radical (unpaired) electrons. The van der Waals surface area contributed by atoms with E-state index in [1.165, 1.54) is 11.8 Å². The standard InChI is InChI=1S/C18H14ClNO2S.ClH/c1-11-18(23-10-16(21)22)17(12-5-3-2-4-6-12)14-9-13(19)7-8-15(14)20-11;/h2-9H,10H2,1H3,(H,21,22);1H. The van der Waals surface area contributed by atoms with Crippen molar-refractivity contribution in [3.63, 3.8) is 0 Å². The summed E-state index contributed by atoms with van der Waals surface area (Å²) in [5.74, 6) is -0.819. The molecule has 6 heteroatoms. The van der Waals surface area contributed by atoms with E-state index in [1.54, 1.807) is 0 Å². The van der Waals surface area contributed by atoms with E-state index in [-0.39, 0.29) is 18.2 Å². The van der Waals surface area contributed by atoms with Gasteiger partial charge in [-0.3, -0.25) is 4.79 Å². The number of halogens is 2. The Bertz CT molecular complexity index is 885. The van der Waals surface area contributed by atoms with Crippen LogP contribution in [0.15, 0.2) is 53.4 Å². The maximum absolute atomic E-state index is 11.0. The lowest BCUT2D eigenvalue weighted by atomic mass is 10.00. The van der Waals surface area contributed by atoms with Crippen LogP contribution in [0.1, 0.15) is 5.69 Å². The first-order valence-corrected chi connectivity index (χ1v) is 8.48. The molecule has 124 valence electrons. The lowest BCUT2D eigenvalue weighted by Gasteiger charge is -2.11. The maximum atomic E-state index is 11.0. The average Bonchev–Trinajstić information content (AvgIpc) is 2.53. The number of nitrogens with one attached hydrogen (secondary N) is 1. The van der Waals surface area contributed by atoms with E-state index >= 15 is 0 Å². The van der Waals surface area contributed by atoms with E-state index in [1.807, 2.05) is 55.5 Å². The summed E-state index contributed by atoms with van der Waals surface area (Å²) >= 11 is 7.51. The number of carboxylic acids is 1. The fraction of sp³-hybridized carbons (Fsp3) is 0.111. The average molecular weight is 380 g/mol. The lowest BCUT2D eigenvalue weighted by Crippen LogP contribution is -3.00. The summed E-state index contributed by atoms with van der Waals surface area (Å²) < 4.78 is 0. The van der Waals surface area contributed by atoms with Gasteiger partial charge in [0, 0.05) is 23.6 Å². The monoisotopic (exact) mass is 379 g/mol. The van der Waals surface area contributed by atoms with Gasteiger partial charge in [0.05, 0.1) is 16.0 Å². The van der Waals surface area contributed by atoms with Crippen LogP contribution in [0.5, 0.6) is 0 Å². The second-order valence-electron chi connectivity index (χ2n) is 5.19. The summed E-state index contributed by atoms with van der Waals surface area (Å²) in [5, 5.41) is 10.7. The summed E-state index contributed by atoms with van der Waals surface area (Å²) in [6.07, 6.45) is 0. The summed E-state index contributed by atoms with van der Waals surface area (Å²) in [6.45, 7) is 1.96. The van der Waals surface area contributed by atoms with Gasteiger partial charge in [-0.2, -0.15) is 0 Å². The highest BCUT2D eigenvalue weighted by atomic mass is 35.5. The van der Waals surface area contributed by atoms with E-state index in [0.29, 0.717) is 5.02 Å². The van der Waals surface area contributed by atoms with E-state index in [0.717, 1.165) is 32.6 Å².